The third-order valence-electron chi connectivity index (χ3n) is 12.4. The number of quaternary nitrogens is 1. The highest BCUT2D eigenvalue weighted by atomic mass is 31.2. The van der Waals surface area contributed by atoms with E-state index in [-0.39, 0.29) is 25.6 Å². The molecule has 0 aromatic carbocycles. The van der Waals surface area contributed by atoms with Crippen molar-refractivity contribution in [2.24, 2.45) is 0 Å². The molecule has 2 atom stereocenters. The molecule has 67 heavy (non-hydrogen) atoms. The fourth-order valence-electron chi connectivity index (χ4n) is 8.02. The molecule has 0 aliphatic rings. The first-order valence-electron chi connectivity index (χ1n) is 28.2. The van der Waals surface area contributed by atoms with Crippen LogP contribution in [-0.2, 0) is 32.7 Å². The normalized spacial score (nSPS) is 13.6. The Morgan fingerprint density at radius 1 is 0.463 bits per heavy atom. The number of ether oxygens (including phenoxy) is 2. The second kappa shape index (κ2) is 49.2. The lowest BCUT2D eigenvalue weighted by Crippen LogP contribution is -2.37. The molecular formula is C57H109NO8P+. The van der Waals surface area contributed by atoms with Crippen molar-refractivity contribution in [3.05, 3.63) is 36.5 Å². The van der Waals surface area contributed by atoms with Crippen LogP contribution in [-0.4, -0.2) is 74.9 Å². The molecule has 9 nitrogen and oxygen atoms in total. The zero-order chi connectivity index (χ0) is 49.2. The van der Waals surface area contributed by atoms with Gasteiger partial charge in [0, 0.05) is 12.8 Å². The molecule has 0 rings (SSSR count). The van der Waals surface area contributed by atoms with Crippen molar-refractivity contribution >= 4 is 19.8 Å². The van der Waals surface area contributed by atoms with Gasteiger partial charge in [0.1, 0.15) is 19.8 Å². The molecule has 0 aromatic rings. The fraction of sp³-hybridized carbons (Fsp3) is 0.860. The van der Waals surface area contributed by atoms with Crippen LogP contribution in [0, 0.1) is 0 Å². The van der Waals surface area contributed by atoms with Gasteiger partial charge in [-0.1, -0.05) is 237 Å². The molecule has 0 aliphatic heterocycles. The fourth-order valence-corrected chi connectivity index (χ4v) is 8.77. The lowest BCUT2D eigenvalue weighted by atomic mass is 10.0. The first-order chi connectivity index (χ1) is 32.5. The van der Waals surface area contributed by atoms with Crippen LogP contribution in [0.1, 0.15) is 264 Å². The van der Waals surface area contributed by atoms with Crippen molar-refractivity contribution in [1.29, 1.82) is 0 Å². The summed E-state index contributed by atoms with van der Waals surface area (Å²) in [5.74, 6) is -0.788. The largest absolute Gasteiger partial charge is 0.472 e. The molecule has 10 heteroatoms. The minimum absolute atomic E-state index is 0.0341. The van der Waals surface area contributed by atoms with Crippen LogP contribution in [0.3, 0.4) is 0 Å². The summed E-state index contributed by atoms with van der Waals surface area (Å²) in [6.07, 6.45) is 59.5. The summed E-state index contributed by atoms with van der Waals surface area (Å²) in [7, 11) is 1.49. The van der Waals surface area contributed by atoms with Gasteiger partial charge in [-0.3, -0.25) is 18.6 Å². The monoisotopic (exact) mass is 967 g/mol. The van der Waals surface area contributed by atoms with Crippen molar-refractivity contribution in [2.45, 2.75) is 270 Å². The summed E-state index contributed by atoms with van der Waals surface area (Å²) in [4.78, 5) is 35.5. The average Bonchev–Trinajstić information content (AvgIpc) is 3.29. The Morgan fingerprint density at radius 3 is 1.19 bits per heavy atom. The smallest absolute Gasteiger partial charge is 0.462 e. The van der Waals surface area contributed by atoms with E-state index in [4.69, 9.17) is 18.5 Å². The number of carbonyl (C=O) groups is 2. The van der Waals surface area contributed by atoms with Crippen molar-refractivity contribution in [3.63, 3.8) is 0 Å². The molecule has 0 aromatic heterocycles. The van der Waals surface area contributed by atoms with Gasteiger partial charge in [-0.2, -0.15) is 0 Å². The molecule has 0 aliphatic carbocycles. The number of likely N-dealkylation sites (N-methyl/N-ethyl adjacent to an activating group) is 1. The highest BCUT2D eigenvalue weighted by molar-refractivity contribution is 7.47. The molecule has 0 fully saturated rings. The second-order valence-corrected chi connectivity index (χ2v) is 21.8. The second-order valence-electron chi connectivity index (χ2n) is 20.3. The van der Waals surface area contributed by atoms with Gasteiger partial charge in [0.15, 0.2) is 6.10 Å². The molecule has 2 unspecified atom stereocenters. The minimum Gasteiger partial charge on any atom is -0.462 e. The van der Waals surface area contributed by atoms with E-state index in [1.807, 2.05) is 21.1 Å². The molecular weight excluding hydrogens is 858 g/mol. The predicted molar refractivity (Wildman–Crippen MR) is 284 cm³/mol. The third kappa shape index (κ3) is 53.4. The predicted octanol–water partition coefficient (Wildman–Crippen LogP) is 17.2. The Bertz CT molecular complexity index is 1230. The Labute approximate surface area is 414 Å². The number of carbonyl (C=O) groups excluding carboxylic acids is 2. The van der Waals surface area contributed by atoms with Crippen LogP contribution in [0.25, 0.3) is 0 Å². The molecule has 0 amide bonds. The average molecular weight is 967 g/mol. The molecule has 0 heterocycles. The van der Waals surface area contributed by atoms with Gasteiger partial charge in [0.2, 0.25) is 0 Å². The number of hydrogen-bond acceptors (Lipinski definition) is 7. The van der Waals surface area contributed by atoms with Gasteiger partial charge in [0.25, 0.3) is 0 Å². The van der Waals surface area contributed by atoms with Gasteiger partial charge in [0.05, 0.1) is 27.7 Å². The van der Waals surface area contributed by atoms with E-state index >= 15 is 0 Å². The van der Waals surface area contributed by atoms with E-state index in [1.54, 1.807) is 0 Å². The zero-order valence-electron chi connectivity index (χ0n) is 44.6. The van der Waals surface area contributed by atoms with Crippen LogP contribution < -0.4 is 0 Å². The van der Waals surface area contributed by atoms with Crippen LogP contribution in [0.5, 0.6) is 0 Å². The third-order valence-corrected chi connectivity index (χ3v) is 13.4. The van der Waals surface area contributed by atoms with Gasteiger partial charge in [-0.15, -0.1) is 0 Å². The summed E-state index contributed by atoms with van der Waals surface area (Å²) in [5, 5.41) is 0. The topological polar surface area (TPSA) is 108 Å². The molecule has 1 N–H and O–H groups in total. The van der Waals surface area contributed by atoms with Crippen molar-refractivity contribution in [1.82, 2.24) is 0 Å². The lowest BCUT2D eigenvalue weighted by molar-refractivity contribution is -0.870. The maximum atomic E-state index is 12.8. The van der Waals surface area contributed by atoms with Crippen molar-refractivity contribution < 1.29 is 42.1 Å². The van der Waals surface area contributed by atoms with E-state index in [2.05, 4.69) is 50.3 Å². The summed E-state index contributed by atoms with van der Waals surface area (Å²) in [6.45, 7) is 4.43. The van der Waals surface area contributed by atoms with Gasteiger partial charge in [-0.25, -0.2) is 4.57 Å². The summed E-state index contributed by atoms with van der Waals surface area (Å²) >= 11 is 0. The molecule has 394 valence electrons. The Morgan fingerprint density at radius 2 is 0.806 bits per heavy atom. The van der Waals surface area contributed by atoms with E-state index in [1.165, 1.54) is 186 Å². The first-order valence-corrected chi connectivity index (χ1v) is 29.7. The van der Waals surface area contributed by atoms with Crippen LogP contribution >= 0.6 is 7.82 Å². The number of phosphoric ester groups is 1. The summed E-state index contributed by atoms with van der Waals surface area (Å²) in [5.41, 5.74) is 0. The van der Waals surface area contributed by atoms with Crippen molar-refractivity contribution in [2.75, 3.05) is 47.5 Å². The van der Waals surface area contributed by atoms with E-state index < -0.39 is 26.5 Å². The molecule has 0 spiro atoms. The number of unbranched alkanes of at least 4 members (excludes halogenated alkanes) is 32. The van der Waals surface area contributed by atoms with Crippen LogP contribution in [0.2, 0.25) is 0 Å². The quantitative estimate of drug-likeness (QED) is 0.0211. The number of nitrogens with zero attached hydrogens (tertiary/aromatic N) is 1. The molecule has 0 bridgehead atoms. The highest BCUT2D eigenvalue weighted by Crippen LogP contribution is 2.43. The van der Waals surface area contributed by atoms with Gasteiger partial charge in [-0.05, 0) is 51.4 Å². The Hall–Kier alpha value is -1.77. The lowest BCUT2D eigenvalue weighted by Gasteiger charge is -2.24. The summed E-state index contributed by atoms with van der Waals surface area (Å²) < 4.78 is 34.4. The summed E-state index contributed by atoms with van der Waals surface area (Å²) in [6, 6.07) is 0. The minimum atomic E-state index is -4.37. The Balaban J connectivity index is 3.96. The SMILES string of the molecule is CCCCCCC/C=C\C/C=C\C/C=C\CCCCCCCCCCCCCCCCCCCCC(=O)OC(COC(=O)CCCCCCCCCCCC)COP(=O)(O)OCC[N+](C)(C)C. The molecule has 0 radical (unpaired) electrons. The van der Waals surface area contributed by atoms with Gasteiger partial charge < -0.3 is 18.9 Å². The molecule has 0 saturated carbocycles. The van der Waals surface area contributed by atoms with Crippen molar-refractivity contribution in [3.8, 4) is 0 Å². The number of rotatable bonds is 52. The molecule has 0 saturated heterocycles. The standard InChI is InChI=1S/C57H108NO8P/c1-6-8-10-12-14-16-18-19-20-21-22-23-24-25-26-27-28-29-30-31-32-33-34-35-36-37-38-39-40-42-44-46-48-50-57(60)66-55(54-65-67(61,62)64-52-51-58(3,4)5)53-63-56(59)49-47-45-43-41-17-15-13-11-9-7-2/h18-19,21-22,24-25,55H,6-17,20,23,26-54H2,1-5H3/p+1/b19-18-,22-21-,25-24-. The van der Waals surface area contributed by atoms with E-state index in [0.29, 0.717) is 23.9 Å². The highest BCUT2D eigenvalue weighted by Gasteiger charge is 2.27. The van der Waals surface area contributed by atoms with E-state index in [9.17, 15) is 19.0 Å². The van der Waals surface area contributed by atoms with Crippen LogP contribution in [0.15, 0.2) is 36.5 Å². The number of phosphoric acid groups is 1. The zero-order valence-corrected chi connectivity index (χ0v) is 45.5. The first kappa shape index (κ1) is 65.2. The number of hydrogen-bond donors (Lipinski definition) is 1. The number of allylic oxidation sites excluding steroid dienone is 6. The van der Waals surface area contributed by atoms with Crippen LogP contribution in [0.4, 0.5) is 0 Å². The van der Waals surface area contributed by atoms with Gasteiger partial charge >= 0.3 is 19.8 Å². The Kier molecular flexibility index (Phi) is 47.9. The number of esters is 2. The maximum absolute atomic E-state index is 12.8. The maximum Gasteiger partial charge on any atom is 0.472 e. The van der Waals surface area contributed by atoms with E-state index in [0.717, 1.165) is 44.9 Å².